The van der Waals surface area contributed by atoms with E-state index in [1.165, 1.54) is 0 Å². The van der Waals surface area contributed by atoms with Gasteiger partial charge in [-0.25, -0.2) is 0 Å². The van der Waals surface area contributed by atoms with Crippen LogP contribution in [0.15, 0.2) is 0 Å². The van der Waals surface area contributed by atoms with Crippen LogP contribution in [0.1, 0.15) is 12.8 Å². The van der Waals surface area contributed by atoms with E-state index in [1.807, 2.05) is 0 Å². The largest absolute Gasteiger partial charge is 0.330 e. The third-order valence-electron chi connectivity index (χ3n) is 1.11. The highest BCUT2D eigenvalue weighted by Crippen LogP contribution is 1.93. The Morgan fingerprint density at radius 1 is 1.45 bits per heavy atom. The first-order valence-corrected chi connectivity index (χ1v) is 4.78. The number of hydrogen-bond donors (Lipinski definition) is 3. The van der Waals surface area contributed by atoms with E-state index < -0.39 is 10.1 Å². The van der Waals surface area contributed by atoms with Crippen LogP contribution in [-0.4, -0.2) is 31.0 Å². The molecule has 0 unspecified atom stereocenters. The molecule has 11 heavy (non-hydrogen) atoms. The van der Waals surface area contributed by atoms with Crippen molar-refractivity contribution < 1.29 is 13.0 Å². The molecule has 5 nitrogen and oxygen atoms in total. The molecule has 0 amide bonds. The van der Waals surface area contributed by atoms with Crippen LogP contribution >= 0.6 is 0 Å². The lowest BCUT2D eigenvalue weighted by Crippen LogP contribution is -2.12. The van der Waals surface area contributed by atoms with Gasteiger partial charge in [-0.05, 0) is 13.0 Å². The van der Waals surface area contributed by atoms with E-state index in [-0.39, 0.29) is 17.9 Å². The van der Waals surface area contributed by atoms with E-state index in [0.717, 1.165) is 0 Å². The highest BCUT2D eigenvalue weighted by Gasteiger charge is 2.05. The molecule has 0 spiro atoms. The Kier molecular flexibility index (Phi) is 4.24. The van der Waals surface area contributed by atoms with Gasteiger partial charge < -0.3 is 11.1 Å². The third kappa shape index (κ3) is 7.44. The van der Waals surface area contributed by atoms with Crippen molar-refractivity contribution in [2.24, 2.45) is 5.73 Å². The molecule has 6 heteroatoms. The van der Waals surface area contributed by atoms with Crippen molar-refractivity contribution in [2.45, 2.75) is 12.8 Å². The monoisotopic (exact) mass is 180 g/mol. The van der Waals surface area contributed by atoms with Gasteiger partial charge in [-0.1, -0.05) is 0 Å². The molecule has 4 N–H and O–H groups in total. The number of hydrogen-bond acceptors (Lipinski definition) is 4. The lowest BCUT2D eigenvalue weighted by atomic mass is 10.2. The summed E-state index contributed by atoms with van der Waals surface area (Å²) in [6.07, 6.45) is 0.450. The highest BCUT2D eigenvalue weighted by molar-refractivity contribution is 7.85. The van der Waals surface area contributed by atoms with Crippen molar-refractivity contribution in [1.29, 1.82) is 5.41 Å². The van der Waals surface area contributed by atoms with Crippen molar-refractivity contribution in [2.75, 3.05) is 12.3 Å². The average Bonchev–Trinajstić information content (AvgIpc) is 1.83. The van der Waals surface area contributed by atoms with E-state index in [9.17, 15) is 8.42 Å². The molecule has 0 atom stereocenters. The van der Waals surface area contributed by atoms with Gasteiger partial charge in [0.2, 0.25) is 0 Å². The second kappa shape index (κ2) is 4.42. The standard InChI is InChI=1S/C5H12N2O3S/c6-3-1-5(7)2-4-11(8,9)10/h7H,1-4,6H2,(H,8,9,10). The van der Waals surface area contributed by atoms with Crippen LogP contribution in [0.3, 0.4) is 0 Å². The molecule has 0 aliphatic heterocycles. The van der Waals surface area contributed by atoms with E-state index in [2.05, 4.69) is 0 Å². The highest BCUT2D eigenvalue weighted by atomic mass is 32.2. The van der Waals surface area contributed by atoms with Gasteiger partial charge in [-0.3, -0.25) is 4.55 Å². The molecule has 0 saturated heterocycles. The molecule has 0 aliphatic rings. The zero-order chi connectivity index (χ0) is 8.91. The van der Waals surface area contributed by atoms with Crippen LogP contribution in [0.2, 0.25) is 0 Å². The molecule has 0 aromatic heterocycles. The third-order valence-corrected chi connectivity index (χ3v) is 1.83. The first-order valence-electron chi connectivity index (χ1n) is 3.17. The maximum atomic E-state index is 10.2. The van der Waals surface area contributed by atoms with Crippen LogP contribution < -0.4 is 5.73 Å². The molecule has 0 aromatic rings. The van der Waals surface area contributed by atoms with Gasteiger partial charge in [0.05, 0.1) is 5.75 Å². The molecule has 0 radical (unpaired) electrons. The fraction of sp³-hybridized carbons (Fsp3) is 0.800. The second-order valence-corrected chi connectivity index (χ2v) is 3.75. The molecule has 0 aromatic carbocycles. The van der Waals surface area contributed by atoms with Crippen LogP contribution in [0.4, 0.5) is 0 Å². The Morgan fingerprint density at radius 3 is 2.36 bits per heavy atom. The van der Waals surface area contributed by atoms with Gasteiger partial charge in [0.15, 0.2) is 0 Å². The van der Waals surface area contributed by atoms with Gasteiger partial charge in [-0.2, -0.15) is 8.42 Å². The molecular weight excluding hydrogens is 168 g/mol. The molecular formula is C5H12N2O3S. The number of nitrogens with two attached hydrogens (primary N) is 1. The number of rotatable bonds is 5. The molecule has 66 valence electrons. The minimum absolute atomic E-state index is 0.0655. The SMILES string of the molecule is N=C(CCN)CCS(=O)(=O)O. The zero-order valence-electron chi connectivity index (χ0n) is 6.08. The second-order valence-electron chi connectivity index (χ2n) is 2.18. The van der Waals surface area contributed by atoms with Gasteiger partial charge >= 0.3 is 0 Å². The van der Waals surface area contributed by atoms with Crippen molar-refractivity contribution in [3.8, 4) is 0 Å². The lowest BCUT2D eigenvalue weighted by molar-refractivity contribution is 0.483. The summed E-state index contributed by atoms with van der Waals surface area (Å²) < 4.78 is 28.6. The topological polar surface area (TPSA) is 104 Å². The normalized spacial score (nSPS) is 11.5. The van der Waals surface area contributed by atoms with Crippen LogP contribution in [0.25, 0.3) is 0 Å². The quantitative estimate of drug-likeness (QED) is 0.396. The van der Waals surface area contributed by atoms with Gasteiger partial charge in [0.25, 0.3) is 10.1 Å². The van der Waals surface area contributed by atoms with Gasteiger partial charge in [0, 0.05) is 12.1 Å². The average molecular weight is 180 g/mol. The van der Waals surface area contributed by atoms with Crippen LogP contribution in [0, 0.1) is 5.41 Å². The minimum Gasteiger partial charge on any atom is -0.330 e. The van der Waals surface area contributed by atoms with Crippen molar-refractivity contribution in [3.05, 3.63) is 0 Å². The molecule has 0 saturated carbocycles. The zero-order valence-corrected chi connectivity index (χ0v) is 6.89. The Bertz CT molecular complexity index is 222. The van der Waals surface area contributed by atoms with Crippen LogP contribution in [0.5, 0.6) is 0 Å². The predicted octanol–water partition coefficient (Wildman–Crippen LogP) is -0.367. The molecule has 0 heterocycles. The summed E-state index contributed by atoms with van der Waals surface area (Å²) in [6, 6.07) is 0. The predicted molar refractivity (Wildman–Crippen MR) is 42.4 cm³/mol. The summed E-state index contributed by atoms with van der Waals surface area (Å²) in [5, 5.41) is 7.11. The van der Waals surface area contributed by atoms with Gasteiger partial charge in [0.1, 0.15) is 0 Å². The first-order chi connectivity index (χ1) is 4.95. The summed E-state index contributed by atoms with van der Waals surface area (Å²) in [4.78, 5) is 0. The molecule has 0 rings (SSSR count). The summed E-state index contributed by atoms with van der Waals surface area (Å²) in [7, 11) is -3.92. The summed E-state index contributed by atoms with van der Waals surface area (Å²) in [5.41, 5.74) is 5.37. The summed E-state index contributed by atoms with van der Waals surface area (Å²) in [6.45, 7) is 0.338. The van der Waals surface area contributed by atoms with Crippen molar-refractivity contribution in [1.82, 2.24) is 0 Å². The Labute approximate surface area is 65.9 Å². The summed E-state index contributed by atoms with van der Waals surface area (Å²) >= 11 is 0. The Balaban J connectivity index is 3.64. The van der Waals surface area contributed by atoms with E-state index in [4.69, 9.17) is 15.7 Å². The first kappa shape index (κ1) is 10.5. The fourth-order valence-electron chi connectivity index (χ4n) is 0.551. The Hall–Kier alpha value is -0.460. The summed E-state index contributed by atoms with van der Waals surface area (Å²) in [5.74, 6) is -0.383. The Morgan fingerprint density at radius 2 is 2.00 bits per heavy atom. The fourth-order valence-corrected chi connectivity index (χ4v) is 1.06. The molecule has 0 fully saturated rings. The van der Waals surface area contributed by atoms with Crippen molar-refractivity contribution >= 4 is 15.8 Å². The van der Waals surface area contributed by atoms with Crippen LogP contribution in [-0.2, 0) is 10.1 Å². The molecule has 0 aliphatic carbocycles. The lowest BCUT2D eigenvalue weighted by Gasteiger charge is -1.98. The van der Waals surface area contributed by atoms with E-state index >= 15 is 0 Å². The van der Waals surface area contributed by atoms with Gasteiger partial charge in [-0.15, -0.1) is 0 Å². The minimum atomic E-state index is -3.92. The molecule has 0 bridgehead atoms. The smallest absolute Gasteiger partial charge is 0.265 e. The number of nitrogens with one attached hydrogen (secondary N) is 1. The maximum Gasteiger partial charge on any atom is 0.265 e. The van der Waals surface area contributed by atoms with E-state index in [1.54, 1.807) is 0 Å². The maximum absolute atomic E-state index is 10.2. The van der Waals surface area contributed by atoms with Crippen molar-refractivity contribution in [3.63, 3.8) is 0 Å². The van der Waals surface area contributed by atoms with E-state index in [0.29, 0.717) is 13.0 Å².